The van der Waals surface area contributed by atoms with Crippen LogP contribution in [-0.2, 0) is 0 Å². The van der Waals surface area contributed by atoms with Crippen molar-refractivity contribution in [2.45, 2.75) is 32.8 Å². The van der Waals surface area contributed by atoms with Gasteiger partial charge in [0.2, 0.25) is 0 Å². The zero-order valence-corrected chi connectivity index (χ0v) is 11.8. The van der Waals surface area contributed by atoms with Gasteiger partial charge in [-0.25, -0.2) is 0 Å². The van der Waals surface area contributed by atoms with Gasteiger partial charge in [-0.15, -0.1) is 0 Å². The van der Waals surface area contributed by atoms with Crippen molar-refractivity contribution in [3.05, 3.63) is 18.2 Å². The fourth-order valence-electron chi connectivity index (χ4n) is 2.41. The van der Waals surface area contributed by atoms with Gasteiger partial charge in [0.25, 0.3) is 0 Å². The SMILES string of the molecule is CCCOc1cccc(N2CCC(C)C(O)C2)c1N. The second-order valence-electron chi connectivity index (χ2n) is 5.32. The van der Waals surface area contributed by atoms with E-state index in [4.69, 9.17) is 10.5 Å². The first-order valence-corrected chi connectivity index (χ1v) is 7.07. The molecule has 1 fully saturated rings. The Hall–Kier alpha value is -1.42. The molecular weight excluding hydrogens is 240 g/mol. The molecule has 1 heterocycles. The molecule has 3 N–H and O–H groups in total. The van der Waals surface area contributed by atoms with E-state index in [1.807, 2.05) is 18.2 Å². The van der Waals surface area contributed by atoms with Crippen molar-refractivity contribution < 1.29 is 9.84 Å². The Morgan fingerprint density at radius 3 is 2.95 bits per heavy atom. The van der Waals surface area contributed by atoms with Crippen LogP contribution in [0.4, 0.5) is 11.4 Å². The van der Waals surface area contributed by atoms with Crippen LogP contribution in [0.5, 0.6) is 5.75 Å². The van der Waals surface area contributed by atoms with Crippen molar-refractivity contribution in [1.82, 2.24) is 0 Å². The number of anilines is 2. The topological polar surface area (TPSA) is 58.7 Å². The average Bonchev–Trinajstić information content (AvgIpc) is 2.41. The van der Waals surface area contributed by atoms with E-state index in [2.05, 4.69) is 18.7 Å². The molecule has 0 saturated carbocycles. The van der Waals surface area contributed by atoms with E-state index in [-0.39, 0.29) is 6.10 Å². The van der Waals surface area contributed by atoms with Crippen LogP contribution < -0.4 is 15.4 Å². The highest BCUT2D eigenvalue weighted by atomic mass is 16.5. The highest BCUT2D eigenvalue weighted by molar-refractivity contribution is 5.74. The second kappa shape index (κ2) is 6.15. The number of para-hydroxylation sites is 1. The number of aliphatic hydroxyl groups is 1. The summed E-state index contributed by atoms with van der Waals surface area (Å²) in [4.78, 5) is 2.15. The fraction of sp³-hybridized carbons (Fsp3) is 0.600. The first-order valence-electron chi connectivity index (χ1n) is 7.07. The molecule has 0 radical (unpaired) electrons. The number of rotatable bonds is 4. The minimum absolute atomic E-state index is 0.284. The Bertz CT molecular complexity index is 423. The molecule has 2 unspecified atom stereocenters. The van der Waals surface area contributed by atoms with Crippen molar-refractivity contribution in [1.29, 1.82) is 0 Å². The van der Waals surface area contributed by atoms with Crippen LogP contribution in [0.15, 0.2) is 18.2 Å². The summed E-state index contributed by atoms with van der Waals surface area (Å²) in [6.07, 6.45) is 1.66. The lowest BCUT2D eigenvalue weighted by Crippen LogP contribution is -2.43. The molecular formula is C15H24N2O2. The van der Waals surface area contributed by atoms with E-state index >= 15 is 0 Å². The Balaban J connectivity index is 2.16. The number of β-amino-alcohol motifs (C(OH)–C–C–N with tert-alkyl or cyclic N) is 1. The quantitative estimate of drug-likeness (QED) is 0.819. The summed E-state index contributed by atoms with van der Waals surface area (Å²) in [6, 6.07) is 5.86. The number of ether oxygens (including phenoxy) is 1. The maximum absolute atomic E-state index is 10.00. The number of hydrogen-bond donors (Lipinski definition) is 2. The molecule has 0 spiro atoms. The van der Waals surface area contributed by atoms with Gasteiger partial charge in [-0.2, -0.15) is 0 Å². The lowest BCUT2D eigenvalue weighted by Gasteiger charge is -2.36. The zero-order chi connectivity index (χ0) is 13.8. The minimum atomic E-state index is -0.284. The molecule has 2 atom stereocenters. The van der Waals surface area contributed by atoms with Crippen molar-refractivity contribution in [3.63, 3.8) is 0 Å². The molecule has 1 saturated heterocycles. The van der Waals surface area contributed by atoms with Crippen LogP contribution in [0.3, 0.4) is 0 Å². The van der Waals surface area contributed by atoms with Crippen LogP contribution in [0.2, 0.25) is 0 Å². The van der Waals surface area contributed by atoms with E-state index in [0.717, 1.165) is 30.8 Å². The number of benzene rings is 1. The summed E-state index contributed by atoms with van der Waals surface area (Å²) in [5, 5.41) is 10.00. The van der Waals surface area contributed by atoms with Gasteiger partial charge >= 0.3 is 0 Å². The van der Waals surface area contributed by atoms with Gasteiger partial charge in [0, 0.05) is 13.1 Å². The van der Waals surface area contributed by atoms with Gasteiger partial charge in [-0.3, -0.25) is 0 Å². The number of nitrogen functional groups attached to an aromatic ring is 1. The molecule has 0 aromatic heterocycles. The summed E-state index contributed by atoms with van der Waals surface area (Å²) in [5.74, 6) is 1.10. The van der Waals surface area contributed by atoms with Crippen molar-refractivity contribution in [2.24, 2.45) is 5.92 Å². The molecule has 0 amide bonds. The maximum Gasteiger partial charge on any atom is 0.144 e. The van der Waals surface area contributed by atoms with Crippen LogP contribution in [-0.4, -0.2) is 30.9 Å². The molecule has 1 aliphatic heterocycles. The molecule has 1 aromatic carbocycles. The molecule has 1 aromatic rings. The van der Waals surface area contributed by atoms with E-state index in [1.54, 1.807) is 0 Å². The minimum Gasteiger partial charge on any atom is -0.491 e. The number of nitrogens with zero attached hydrogens (tertiary/aromatic N) is 1. The van der Waals surface area contributed by atoms with Gasteiger partial charge in [-0.1, -0.05) is 19.9 Å². The lowest BCUT2D eigenvalue weighted by molar-refractivity contribution is 0.103. The van der Waals surface area contributed by atoms with Gasteiger partial charge in [0.15, 0.2) is 0 Å². The first kappa shape index (κ1) is 14.0. The number of piperidine rings is 1. The number of aliphatic hydroxyl groups excluding tert-OH is 1. The van der Waals surface area contributed by atoms with Crippen LogP contribution >= 0.6 is 0 Å². The molecule has 106 valence electrons. The Labute approximate surface area is 115 Å². The standard InChI is InChI=1S/C15H24N2O2/c1-3-9-19-14-6-4-5-12(15(14)16)17-8-7-11(2)13(18)10-17/h4-6,11,13,18H,3,7-10,16H2,1-2H3. The molecule has 0 bridgehead atoms. The summed E-state index contributed by atoms with van der Waals surface area (Å²) in [7, 11) is 0. The van der Waals surface area contributed by atoms with E-state index in [0.29, 0.717) is 24.8 Å². The highest BCUT2D eigenvalue weighted by Gasteiger charge is 2.25. The number of hydrogen-bond acceptors (Lipinski definition) is 4. The molecule has 19 heavy (non-hydrogen) atoms. The fourth-order valence-corrected chi connectivity index (χ4v) is 2.41. The molecule has 0 aliphatic carbocycles. The summed E-state index contributed by atoms with van der Waals surface area (Å²) < 4.78 is 5.65. The summed E-state index contributed by atoms with van der Waals surface area (Å²) in [5.41, 5.74) is 7.84. The van der Waals surface area contributed by atoms with E-state index in [1.165, 1.54) is 0 Å². The highest BCUT2D eigenvalue weighted by Crippen LogP contribution is 2.34. The predicted molar refractivity (Wildman–Crippen MR) is 78.6 cm³/mol. The maximum atomic E-state index is 10.00. The van der Waals surface area contributed by atoms with Crippen LogP contribution in [0.25, 0.3) is 0 Å². The third-order valence-electron chi connectivity index (χ3n) is 3.76. The molecule has 4 nitrogen and oxygen atoms in total. The molecule has 4 heteroatoms. The van der Waals surface area contributed by atoms with E-state index in [9.17, 15) is 5.11 Å². The third-order valence-corrected chi connectivity index (χ3v) is 3.76. The van der Waals surface area contributed by atoms with Crippen LogP contribution in [0.1, 0.15) is 26.7 Å². The summed E-state index contributed by atoms with van der Waals surface area (Å²) in [6.45, 7) is 6.41. The van der Waals surface area contributed by atoms with Crippen LogP contribution in [0, 0.1) is 5.92 Å². The normalized spacial score (nSPS) is 23.4. The molecule has 1 aliphatic rings. The molecule has 2 rings (SSSR count). The van der Waals surface area contributed by atoms with Gasteiger partial charge in [-0.05, 0) is 30.9 Å². The third kappa shape index (κ3) is 3.13. The monoisotopic (exact) mass is 264 g/mol. The largest absolute Gasteiger partial charge is 0.491 e. The van der Waals surface area contributed by atoms with Gasteiger partial charge < -0.3 is 20.5 Å². The smallest absolute Gasteiger partial charge is 0.144 e. The zero-order valence-electron chi connectivity index (χ0n) is 11.8. The summed E-state index contributed by atoms with van der Waals surface area (Å²) >= 11 is 0. The van der Waals surface area contributed by atoms with Gasteiger partial charge in [0.05, 0.1) is 24.1 Å². The van der Waals surface area contributed by atoms with Crippen molar-refractivity contribution >= 4 is 11.4 Å². The Kier molecular flexibility index (Phi) is 4.53. The second-order valence-corrected chi connectivity index (χ2v) is 5.32. The Morgan fingerprint density at radius 2 is 2.26 bits per heavy atom. The van der Waals surface area contributed by atoms with Crippen molar-refractivity contribution in [3.8, 4) is 5.75 Å². The first-order chi connectivity index (χ1) is 9.13. The lowest BCUT2D eigenvalue weighted by atomic mass is 9.95. The van der Waals surface area contributed by atoms with Crippen molar-refractivity contribution in [2.75, 3.05) is 30.3 Å². The van der Waals surface area contributed by atoms with E-state index < -0.39 is 0 Å². The predicted octanol–water partition coefficient (Wildman–Crippen LogP) is 2.26. The Morgan fingerprint density at radius 1 is 1.47 bits per heavy atom. The number of nitrogens with two attached hydrogens (primary N) is 1. The average molecular weight is 264 g/mol. The van der Waals surface area contributed by atoms with Gasteiger partial charge in [0.1, 0.15) is 5.75 Å².